The third-order valence-electron chi connectivity index (χ3n) is 12.6. The van der Waals surface area contributed by atoms with E-state index in [1.807, 2.05) is 0 Å². The molecule has 0 atom stereocenters. The summed E-state index contributed by atoms with van der Waals surface area (Å²) >= 11 is 5.76. The topological polar surface area (TPSA) is 0 Å². The fourth-order valence-corrected chi connectivity index (χ4v) is 13.0. The average Bonchev–Trinajstić information content (AvgIpc) is 3.23. The predicted octanol–water partition coefficient (Wildman–Crippen LogP) is 16.9. The molecule has 0 aromatic heterocycles. The third kappa shape index (κ3) is 20.4. The molecule has 0 aliphatic carbocycles. The summed E-state index contributed by atoms with van der Waals surface area (Å²) in [5.41, 5.74) is 4.45. The van der Waals surface area contributed by atoms with E-state index in [-0.39, 0.29) is 0 Å². The summed E-state index contributed by atoms with van der Waals surface area (Å²) in [5, 5.41) is 4.24. The Balaban J connectivity index is 1.56. The zero-order valence-corrected chi connectivity index (χ0v) is 39.1. The molecule has 3 aromatic rings. The van der Waals surface area contributed by atoms with Crippen molar-refractivity contribution >= 4 is 34.6 Å². The summed E-state index contributed by atoms with van der Waals surface area (Å²) in [7, 11) is 0. The van der Waals surface area contributed by atoms with Crippen molar-refractivity contribution in [1.29, 1.82) is 0 Å². The van der Waals surface area contributed by atoms with E-state index in [1.165, 1.54) is 244 Å². The second-order valence-corrected chi connectivity index (χ2v) is 22.8. The van der Waals surface area contributed by atoms with Gasteiger partial charge < -0.3 is 0 Å². The molecule has 0 radical (unpaired) electrons. The number of hydrogen-bond donors (Lipinski definition) is 1. The molecule has 3 aromatic carbocycles. The summed E-state index contributed by atoms with van der Waals surface area (Å²) in [6, 6.07) is 29.1. The normalized spacial score (nSPS) is 12.1. The first-order valence-electron chi connectivity index (χ1n) is 24.6. The summed E-state index contributed by atoms with van der Waals surface area (Å²) in [4.78, 5) is 0. The Bertz CT molecular complexity index is 1150. The van der Waals surface area contributed by atoms with Gasteiger partial charge in [-0.25, -0.2) is 0 Å². The molecule has 0 N–H and O–H groups in total. The Morgan fingerprint density at radius 2 is 0.446 bits per heavy atom. The molecule has 0 spiro atoms. The molecule has 0 aliphatic heterocycles. The van der Waals surface area contributed by atoms with E-state index < -0.39 is 6.46 Å². The van der Waals surface area contributed by atoms with Crippen molar-refractivity contribution in [3.05, 3.63) is 89.5 Å². The van der Waals surface area contributed by atoms with Crippen molar-refractivity contribution < 1.29 is 0 Å². The predicted molar refractivity (Wildman–Crippen MR) is 262 cm³/mol. The Hall–Kier alpha value is -1.56. The summed E-state index contributed by atoms with van der Waals surface area (Å²) < 4.78 is 0. The SMILES string of the molecule is CCCCCCCCCCCCc1ccc([PH](S)(c2ccc(CCCCCCCCCCCC)cc2)c2ccc(CCCCCCCCCCCC)cc2)cc1. The van der Waals surface area contributed by atoms with Crippen LogP contribution in [0.25, 0.3) is 0 Å². The van der Waals surface area contributed by atoms with E-state index >= 15 is 0 Å². The maximum atomic E-state index is 5.76. The summed E-state index contributed by atoms with van der Waals surface area (Å²) in [6.45, 7) is 4.47. The van der Waals surface area contributed by atoms with E-state index in [1.54, 1.807) is 0 Å². The van der Waals surface area contributed by atoms with Gasteiger partial charge in [-0.2, -0.15) is 0 Å². The number of thiol groups is 1. The summed E-state index contributed by atoms with van der Waals surface area (Å²) in [6.07, 6.45) is 45.4. The molecular weight excluding hydrogens is 712 g/mol. The van der Waals surface area contributed by atoms with Crippen molar-refractivity contribution in [3.63, 3.8) is 0 Å². The number of rotatable bonds is 36. The zero-order chi connectivity index (χ0) is 39.8. The zero-order valence-electron chi connectivity index (χ0n) is 37.2. The molecule has 0 heterocycles. The van der Waals surface area contributed by atoms with Gasteiger partial charge in [0.2, 0.25) is 0 Å². The van der Waals surface area contributed by atoms with Crippen LogP contribution >= 0.6 is 18.7 Å². The van der Waals surface area contributed by atoms with E-state index in [0.717, 1.165) is 0 Å². The molecule has 2 heteroatoms. The van der Waals surface area contributed by atoms with Gasteiger partial charge in [-0.1, -0.05) is 78.6 Å². The van der Waals surface area contributed by atoms with Gasteiger partial charge in [-0.15, -0.1) is 0 Å². The third-order valence-corrected chi connectivity index (χ3v) is 18.4. The van der Waals surface area contributed by atoms with Crippen LogP contribution in [-0.2, 0) is 19.3 Å². The first-order chi connectivity index (χ1) is 27.6. The molecule has 316 valence electrons. The fourth-order valence-electron chi connectivity index (χ4n) is 8.69. The molecule has 0 nitrogen and oxygen atoms in total. The van der Waals surface area contributed by atoms with Crippen LogP contribution in [0.4, 0.5) is 0 Å². The monoisotopic (exact) mass is 801 g/mol. The molecule has 56 heavy (non-hydrogen) atoms. The van der Waals surface area contributed by atoms with Crippen molar-refractivity contribution in [2.75, 3.05) is 0 Å². The van der Waals surface area contributed by atoms with Crippen molar-refractivity contribution in [2.24, 2.45) is 0 Å². The second-order valence-electron chi connectivity index (χ2n) is 17.6. The first-order valence-corrected chi connectivity index (χ1v) is 27.9. The van der Waals surface area contributed by atoms with Crippen molar-refractivity contribution in [3.8, 4) is 0 Å². The Morgan fingerprint density at radius 1 is 0.268 bits per heavy atom. The van der Waals surface area contributed by atoms with Gasteiger partial charge in [-0.05, 0) is 0 Å². The minimum atomic E-state index is -2.45. The van der Waals surface area contributed by atoms with Crippen LogP contribution in [0.1, 0.15) is 230 Å². The Morgan fingerprint density at radius 3 is 0.643 bits per heavy atom. The number of aryl methyl sites for hydroxylation is 3. The molecule has 0 aliphatic rings. The first kappa shape index (κ1) is 48.8. The molecule has 0 amide bonds. The molecule has 0 saturated heterocycles. The molecule has 3 rings (SSSR count). The standard InChI is InChI=1S/C54H89PS/c1-4-7-10-13-16-19-22-25-28-31-34-49-37-43-52(44-38-49)55(56,53-45-39-50(40-46-53)35-32-29-26-23-20-17-14-11-8-5-2)54-47-41-51(42-48-54)36-33-30-27-24-21-18-15-12-9-6-3/h37-48,55-56H,4-36H2,1-3H3. The van der Waals surface area contributed by atoms with Crippen LogP contribution in [-0.4, -0.2) is 0 Å². The molecule has 0 saturated carbocycles. The quantitative estimate of drug-likeness (QED) is 0.0338. The number of benzene rings is 3. The van der Waals surface area contributed by atoms with Gasteiger partial charge in [0.15, 0.2) is 0 Å². The van der Waals surface area contributed by atoms with Crippen molar-refractivity contribution in [1.82, 2.24) is 0 Å². The van der Waals surface area contributed by atoms with Crippen LogP contribution in [0.2, 0.25) is 0 Å². The van der Waals surface area contributed by atoms with Crippen LogP contribution in [0.3, 0.4) is 0 Å². The van der Waals surface area contributed by atoms with Crippen LogP contribution in [0.5, 0.6) is 0 Å². The van der Waals surface area contributed by atoms with Crippen LogP contribution < -0.4 is 15.9 Å². The Kier molecular flexibility index (Phi) is 28.2. The maximum absolute atomic E-state index is 5.76. The molecule has 0 fully saturated rings. The fraction of sp³-hybridized carbons (Fsp3) is 0.667. The van der Waals surface area contributed by atoms with Gasteiger partial charge in [0.05, 0.1) is 0 Å². The van der Waals surface area contributed by atoms with E-state index in [0.29, 0.717) is 0 Å². The van der Waals surface area contributed by atoms with Gasteiger partial charge >= 0.3 is 278 Å². The molecule has 0 bridgehead atoms. The van der Waals surface area contributed by atoms with Gasteiger partial charge in [0, 0.05) is 0 Å². The number of hydrogen-bond acceptors (Lipinski definition) is 1. The summed E-state index contributed by atoms with van der Waals surface area (Å²) in [5.74, 6) is 0. The molecule has 0 unspecified atom stereocenters. The molecular formula is C54H89PS. The average molecular weight is 801 g/mol. The van der Waals surface area contributed by atoms with E-state index in [9.17, 15) is 0 Å². The number of unbranched alkanes of at least 4 members (excludes halogenated alkanes) is 27. The van der Waals surface area contributed by atoms with Gasteiger partial charge in [0.1, 0.15) is 0 Å². The van der Waals surface area contributed by atoms with Gasteiger partial charge in [0.25, 0.3) is 0 Å². The minimum absolute atomic E-state index is 1.19. The van der Waals surface area contributed by atoms with Crippen LogP contribution in [0, 0.1) is 0 Å². The van der Waals surface area contributed by atoms with E-state index in [2.05, 4.69) is 93.6 Å². The second kappa shape index (κ2) is 32.3. The van der Waals surface area contributed by atoms with Crippen LogP contribution in [0.15, 0.2) is 72.8 Å². The Labute approximate surface area is 355 Å². The van der Waals surface area contributed by atoms with Crippen molar-refractivity contribution in [2.45, 2.75) is 233 Å². The van der Waals surface area contributed by atoms with E-state index in [4.69, 9.17) is 12.2 Å². The van der Waals surface area contributed by atoms with Gasteiger partial charge in [-0.3, -0.25) is 0 Å².